The summed E-state index contributed by atoms with van der Waals surface area (Å²) in [5, 5.41) is 8.20. The van der Waals surface area contributed by atoms with Gasteiger partial charge < -0.3 is 9.26 Å². The predicted octanol–water partition coefficient (Wildman–Crippen LogP) is 4.72. The lowest BCUT2D eigenvalue weighted by Gasteiger charge is -2.06. The first-order valence-electron chi connectivity index (χ1n) is 10.3. The Morgan fingerprint density at radius 2 is 1.87 bits per heavy atom. The van der Waals surface area contributed by atoms with E-state index in [0.717, 1.165) is 16.8 Å². The number of hydrogen-bond acceptors (Lipinski definition) is 6. The van der Waals surface area contributed by atoms with Crippen molar-refractivity contribution in [3.05, 3.63) is 84.0 Å². The summed E-state index contributed by atoms with van der Waals surface area (Å²) in [6, 6.07) is 17.7. The van der Waals surface area contributed by atoms with Gasteiger partial charge in [0, 0.05) is 24.4 Å². The van der Waals surface area contributed by atoms with Crippen LogP contribution < -0.4 is 0 Å². The Kier molecular flexibility index (Phi) is 6.21. The summed E-state index contributed by atoms with van der Waals surface area (Å²) in [6.45, 7) is 4.52. The number of benzene rings is 2. The molecule has 2 aromatic heterocycles. The molecule has 4 rings (SSSR count). The first-order chi connectivity index (χ1) is 15.1. The van der Waals surface area contributed by atoms with Gasteiger partial charge in [-0.25, -0.2) is 4.68 Å². The molecular formula is C24H24N4O3. The van der Waals surface area contributed by atoms with E-state index in [0.29, 0.717) is 24.1 Å². The van der Waals surface area contributed by atoms with Crippen LogP contribution in [0.25, 0.3) is 17.1 Å². The second-order valence-corrected chi connectivity index (χ2v) is 7.57. The number of hydrogen-bond donors (Lipinski definition) is 0. The Hall–Kier alpha value is -3.74. The van der Waals surface area contributed by atoms with Gasteiger partial charge in [0.15, 0.2) is 0 Å². The van der Waals surface area contributed by atoms with Crippen molar-refractivity contribution in [3.8, 4) is 17.1 Å². The zero-order valence-electron chi connectivity index (χ0n) is 17.6. The number of carbonyl (C=O) groups excluding carboxylic acids is 1. The third-order valence-electron chi connectivity index (χ3n) is 4.95. The second kappa shape index (κ2) is 9.38. The summed E-state index contributed by atoms with van der Waals surface area (Å²) in [5.41, 5.74) is 4.01. The van der Waals surface area contributed by atoms with E-state index in [4.69, 9.17) is 9.26 Å². The van der Waals surface area contributed by atoms with Crippen LogP contribution in [0.2, 0.25) is 0 Å². The molecular weight excluding hydrogens is 392 g/mol. The first-order valence-corrected chi connectivity index (χ1v) is 10.3. The minimum absolute atomic E-state index is 0.180. The van der Waals surface area contributed by atoms with Crippen LogP contribution in [-0.4, -0.2) is 25.9 Å². The smallest absolute Gasteiger partial charge is 0.306 e. The molecule has 0 fully saturated rings. The van der Waals surface area contributed by atoms with Crippen molar-refractivity contribution >= 4 is 5.97 Å². The van der Waals surface area contributed by atoms with Crippen molar-refractivity contribution < 1.29 is 14.1 Å². The fourth-order valence-corrected chi connectivity index (χ4v) is 3.10. The largest absolute Gasteiger partial charge is 0.461 e. The molecule has 2 heterocycles. The van der Waals surface area contributed by atoms with E-state index in [2.05, 4.69) is 41.2 Å². The van der Waals surface area contributed by atoms with Gasteiger partial charge in [-0.1, -0.05) is 55.4 Å². The zero-order valence-corrected chi connectivity index (χ0v) is 17.6. The topological polar surface area (TPSA) is 83.0 Å². The molecule has 0 saturated heterocycles. The van der Waals surface area contributed by atoms with Gasteiger partial charge in [0.05, 0.1) is 12.1 Å². The van der Waals surface area contributed by atoms with Gasteiger partial charge in [-0.2, -0.15) is 10.1 Å². The normalized spacial score (nSPS) is 11.1. The van der Waals surface area contributed by atoms with Crippen molar-refractivity contribution in [2.24, 2.45) is 0 Å². The Labute approximate surface area is 180 Å². The highest BCUT2D eigenvalue weighted by Crippen LogP contribution is 2.21. The van der Waals surface area contributed by atoms with E-state index in [1.807, 2.05) is 48.7 Å². The molecule has 0 aliphatic carbocycles. The number of carbonyl (C=O) groups is 1. The molecule has 7 nitrogen and oxygen atoms in total. The van der Waals surface area contributed by atoms with Crippen LogP contribution in [-0.2, 0) is 22.6 Å². The third kappa shape index (κ3) is 5.25. The molecule has 0 aliphatic rings. The quantitative estimate of drug-likeness (QED) is 0.387. The lowest BCUT2D eigenvalue weighted by atomic mass is 10.0. The molecule has 0 amide bonds. The fourth-order valence-electron chi connectivity index (χ4n) is 3.10. The van der Waals surface area contributed by atoms with E-state index in [1.165, 1.54) is 5.56 Å². The lowest BCUT2D eigenvalue weighted by molar-refractivity contribution is -0.145. The van der Waals surface area contributed by atoms with Crippen LogP contribution in [0.1, 0.15) is 43.2 Å². The maximum atomic E-state index is 12.1. The average molecular weight is 416 g/mol. The van der Waals surface area contributed by atoms with Crippen LogP contribution in [0, 0.1) is 0 Å². The van der Waals surface area contributed by atoms with Crippen molar-refractivity contribution in [3.63, 3.8) is 0 Å². The van der Waals surface area contributed by atoms with Crippen molar-refractivity contribution in [2.75, 3.05) is 0 Å². The summed E-state index contributed by atoms with van der Waals surface area (Å²) >= 11 is 0. The van der Waals surface area contributed by atoms with Gasteiger partial charge in [-0.3, -0.25) is 4.79 Å². The highest BCUT2D eigenvalue weighted by Gasteiger charge is 2.12. The number of nitrogens with zero attached hydrogens (tertiary/aromatic N) is 4. The van der Waals surface area contributed by atoms with Crippen molar-refractivity contribution in [1.82, 2.24) is 19.9 Å². The Balaban J connectivity index is 1.25. The van der Waals surface area contributed by atoms with E-state index in [9.17, 15) is 4.79 Å². The second-order valence-electron chi connectivity index (χ2n) is 7.57. The SMILES string of the molecule is CC(C)c1ccc(-c2noc(CCC(=O)OCc3ccc(-n4cccn4)cc3)n2)cc1. The van der Waals surface area contributed by atoms with Gasteiger partial charge in [-0.05, 0) is 35.2 Å². The van der Waals surface area contributed by atoms with Crippen LogP contribution in [0.4, 0.5) is 0 Å². The number of aryl methyl sites for hydroxylation is 1. The van der Waals surface area contributed by atoms with E-state index < -0.39 is 0 Å². The van der Waals surface area contributed by atoms with Crippen LogP contribution in [0.15, 0.2) is 71.5 Å². The average Bonchev–Trinajstić information content (AvgIpc) is 3.49. The molecule has 0 aliphatic heterocycles. The Morgan fingerprint density at radius 3 is 2.55 bits per heavy atom. The molecule has 7 heteroatoms. The Morgan fingerprint density at radius 1 is 1.10 bits per heavy atom. The number of rotatable bonds is 8. The molecule has 0 bridgehead atoms. The van der Waals surface area contributed by atoms with E-state index in [-0.39, 0.29) is 19.0 Å². The summed E-state index contributed by atoms with van der Waals surface area (Å²) < 4.78 is 12.4. The van der Waals surface area contributed by atoms with Gasteiger partial charge >= 0.3 is 5.97 Å². The van der Waals surface area contributed by atoms with Crippen LogP contribution in [0.3, 0.4) is 0 Å². The molecule has 0 atom stereocenters. The lowest BCUT2D eigenvalue weighted by Crippen LogP contribution is -2.06. The highest BCUT2D eigenvalue weighted by molar-refractivity contribution is 5.69. The first kappa shape index (κ1) is 20.5. The fraction of sp³-hybridized carbons (Fsp3) is 0.250. The number of ether oxygens (including phenoxy) is 1. The maximum Gasteiger partial charge on any atom is 0.306 e. The van der Waals surface area contributed by atoms with Gasteiger partial charge in [0.25, 0.3) is 0 Å². The highest BCUT2D eigenvalue weighted by atomic mass is 16.5. The minimum Gasteiger partial charge on any atom is -0.461 e. The number of aromatic nitrogens is 4. The molecule has 4 aromatic rings. The van der Waals surface area contributed by atoms with E-state index >= 15 is 0 Å². The molecule has 31 heavy (non-hydrogen) atoms. The minimum atomic E-state index is -0.308. The summed E-state index contributed by atoms with van der Waals surface area (Å²) in [5.74, 6) is 1.10. The molecule has 0 N–H and O–H groups in total. The van der Waals surface area contributed by atoms with E-state index in [1.54, 1.807) is 10.9 Å². The van der Waals surface area contributed by atoms with Crippen LogP contribution in [0.5, 0.6) is 0 Å². The Bertz CT molecular complexity index is 1110. The zero-order chi connectivity index (χ0) is 21.6. The van der Waals surface area contributed by atoms with Crippen molar-refractivity contribution in [1.29, 1.82) is 0 Å². The third-order valence-corrected chi connectivity index (χ3v) is 4.95. The maximum absolute atomic E-state index is 12.1. The molecule has 0 radical (unpaired) electrons. The van der Waals surface area contributed by atoms with Crippen LogP contribution >= 0.6 is 0 Å². The van der Waals surface area contributed by atoms with Gasteiger partial charge in [0.2, 0.25) is 11.7 Å². The van der Waals surface area contributed by atoms with Gasteiger partial charge in [-0.15, -0.1) is 0 Å². The van der Waals surface area contributed by atoms with Gasteiger partial charge in [0.1, 0.15) is 6.61 Å². The summed E-state index contributed by atoms with van der Waals surface area (Å²) in [4.78, 5) is 16.5. The molecule has 158 valence electrons. The standard InChI is InChI=1S/C24H24N4O3/c1-17(2)19-6-8-20(9-7-19)24-26-22(31-27-24)12-13-23(29)30-16-18-4-10-21(11-5-18)28-15-3-14-25-28/h3-11,14-15,17H,12-13,16H2,1-2H3. The van der Waals surface area contributed by atoms with Crippen molar-refractivity contribution in [2.45, 2.75) is 39.2 Å². The number of esters is 1. The predicted molar refractivity (Wildman–Crippen MR) is 116 cm³/mol. The molecule has 0 spiro atoms. The molecule has 0 saturated carbocycles. The summed E-state index contributed by atoms with van der Waals surface area (Å²) in [6.07, 6.45) is 4.12. The summed E-state index contributed by atoms with van der Waals surface area (Å²) in [7, 11) is 0. The molecule has 2 aromatic carbocycles. The monoisotopic (exact) mass is 416 g/mol. The molecule has 0 unspecified atom stereocenters.